The molecule has 26 heavy (non-hydrogen) atoms. The quantitative estimate of drug-likeness (QED) is 0.563. The number of amides is 1. The highest BCUT2D eigenvalue weighted by molar-refractivity contribution is 5.94. The topological polar surface area (TPSA) is 90.1 Å². The standard InChI is InChI=1S/C18H15FN4O3/c1-12-20-8-9-22(12)17-7-2-13(10-16(17)19)11-21-18(24)14-3-5-15(6-4-14)23(25)26/h2-10H,11H2,1H3,(H,21,24). The summed E-state index contributed by atoms with van der Waals surface area (Å²) in [6.07, 6.45) is 3.26. The summed E-state index contributed by atoms with van der Waals surface area (Å²) in [6.45, 7) is 1.91. The van der Waals surface area contributed by atoms with Crippen LogP contribution in [0.3, 0.4) is 0 Å². The summed E-state index contributed by atoms with van der Waals surface area (Å²) in [5.74, 6) is -0.147. The average Bonchev–Trinajstić information content (AvgIpc) is 3.05. The molecule has 0 bridgehead atoms. The normalized spacial score (nSPS) is 10.5. The third-order valence-electron chi connectivity index (χ3n) is 3.89. The molecule has 0 aliphatic rings. The zero-order valence-electron chi connectivity index (χ0n) is 13.8. The number of carbonyl (C=O) groups excluding carboxylic acids is 1. The van der Waals surface area contributed by atoms with E-state index in [9.17, 15) is 19.3 Å². The van der Waals surface area contributed by atoms with Gasteiger partial charge in [-0.2, -0.15) is 0 Å². The van der Waals surface area contributed by atoms with Crippen LogP contribution in [0.15, 0.2) is 54.9 Å². The van der Waals surface area contributed by atoms with Gasteiger partial charge >= 0.3 is 0 Å². The van der Waals surface area contributed by atoms with E-state index in [2.05, 4.69) is 10.3 Å². The summed E-state index contributed by atoms with van der Waals surface area (Å²) in [5, 5.41) is 13.3. The number of hydrogen-bond donors (Lipinski definition) is 1. The maximum Gasteiger partial charge on any atom is 0.269 e. The van der Waals surface area contributed by atoms with Crippen LogP contribution >= 0.6 is 0 Å². The van der Waals surface area contributed by atoms with Crippen molar-refractivity contribution in [2.45, 2.75) is 13.5 Å². The van der Waals surface area contributed by atoms with Gasteiger partial charge in [-0.25, -0.2) is 9.37 Å². The largest absolute Gasteiger partial charge is 0.348 e. The van der Waals surface area contributed by atoms with Crippen LogP contribution in [0.1, 0.15) is 21.7 Å². The zero-order chi connectivity index (χ0) is 18.7. The van der Waals surface area contributed by atoms with Gasteiger partial charge in [-0.15, -0.1) is 0 Å². The Balaban J connectivity index is 1.68. The summed E-state index contributed by atoms with van der Waals surface area (Å²) < 4.78 is 16.0. The second-order valence-electron chi connectivity index (χ2n) is 5.62. The van der Waals surface area contributed by atoms with E-state index in [0.29, 0.717) is 22.6 Å². The number of rotatable bonds is 5. The van der Waals surface area contributed by atoms with Gasteiger partial charge < -0.3 is 9.88 Å². The molecule has 3 rings (SSSR count). The molecule has 0 saturated heterocycles. The molecule has 1 amide bonds. The van der Waals surface area contributed by atoms with Crippen molar-refractivity contribution in [2.75, 3.05) is 0 Å². The van der Waals surface area contributed by atoms with Crippen molar-refractivity contribution < 1.29 is 14.1 Å². The Bertz CT molecular complexity index is 967. The molecule has 1 aromatic heterocycles. The zero-order valence-corrected chi connectivity index (χ0v) is 13.8. The number of nitro groups is 1. The van der Waals surface area contributed by atoms with E-state index >= 15 is 0 Å². The smallest absolute Gasteiger partial charge is 0.269 e. The fraction of sp³-hybridized carbons (Fsp3) is 0.111. The Labute approximate surface area is 148 Å². The summed E-state index contributed by atoms with van der Waals surface area (Å²) >= 11 is 0. The highest BCUT2D eigenvalue weighted by Gasteiger charge is 2.11. The Morgan fingerprint density at radius 3 is 2.58 bits per heavy atom. The Kier molecular flexibility index (Phi) is 4.74. The molecular weight excluding hydrogens is 339 g/mol. The predicted octanol–water partition coefficient (Wildman–Crippen LogP) is 3.16. The number of aryl methyl sites for hydroxylation is 1. The number of benzene rings is 2. The van der Waals surface area contributed by atoms with Crippen molar-refractivity contribution in [3.63, 3.8) is 0 Å². The van der Waals surface area contributed by atoms with Crippen LogP contribution < -0.4 is 5.32 Å². The summed E-state index contributed by atoms with van der Waals surface area (Å²) in [6, 6.07) is 9.96. The molecule has 3 aromatic rings. The maximum atomic E-state index is 14.3. The highest BCUT2D eigenvalue weighted by Crippen LogP contribution is 2.17. The summed E-state index contributed by atoms with van der Waals surface area (Å²) in [4.78, 5) is 26.2. The Hall–Kier alpha value is -3.55. The third kappa shape index (κ3) is 3.59. The van der Waals surface area contributed by atoms with Gasteiger partial charge in [0.05, 0.1) is 10.6 Å². The Morgan fingerprint density at radius 1 is 1.27 bits per heavy atom. The van der Waals surface area contributed by atoms with Crippen LogP contribution in [-0.4, -0.2) is 20.4 Å². The number of halogens is 1. The monoisotopic (exact) mass is 354 g/mol. The lowest BCUT2D eigenvalue weighted by Crippen LogP contribution is -2.22. The summed E-state index contributed by atoms with van der Waals surface area (Å²) in [5.41, 5.74) is 1.18. The van der Waals surface area contributed by atoms with Crippen molar-refractivity contribution in [3.8, 4) is 5.69 Å². The van der Waals surface area contributed by atoms with Gasteiger partial charge in [0.1, 0.15) is 11.6 Å². The van der Waals surface area contributed by atoms with E-state index in [-0.39, 0.29) is 12.2 Å². The fourth-order valence-electron chi connectivity index (χ4n) is 2.51. The first-order valence-corrected chi connectivity index (χ1v) is 7.77. The van der Waals surface area contributed by atoms with Gasteiger partial charge in [0.2, 0.25) is 0 Å². The first kappa shape index (κ1) is 17.3. The van der Waals surface area contributed by atoms with Gasteiger partial charge in [0.15, 0.2) is 0 Å². The minimum absolute atomic E-state index is 0.0889. The fourth-order valence-corrected chi connectivity index (χ4v) is 2.51. The van der Waals surface area contributed by atoms with Gasteiger partial charge in [-0.05, 0) is 36.8 Å². The number of aromatic nitrogens is 2. The van der Waals surface area contributed by atoms with E-state index < -0.39 is 16.6 Å². The molecule has 1 heterocycles. The van der Waals surface area contributed by atoms with Gasteiger partial charge in [0.25, 0.3) is 11.6 Å². The predicted molar refractivity (Wildman–Crippen MR) is 92.5 cm³/mol. The number of imidazole rings is 1. The van der Waals surface area contributed by atoms with Crippen molar-refractivity contribution in [1.29, 1.82) is 0 Å². The molecule has 0 radical (unpaired) electrons. The molecule has 132 valence electrons. The number of hydrogen-bond acceptors (Lipinski definition) is 4. The van der Waals surface area contributed by atoms with Gasteiger partial charge in [-0.3, -0.25) is 14.9 Å². The summed E-state index contributed by atoms with van der Waals surface area (Å²) in [7, 11) is 0. The van der Waals surface area contributed by atoms with E-state index in [1.165, 1.54) is 30.3 Å². The molecule has 0 aliphatic carbocycles. The number of non-ortho nitro benzene ring substituents is 1. The number of nitrogens with one attached hydrogen (secondary N) is 1. The second-order valence-corrected chi connectivity index (χ2v) is 5.62. The molecule has 8 heteroatoms. The molecule has 0 fully saturated rings. The molecule has 0 atom stereocenters. The van der Waals surface area contributed by atoms with Crippen molar-refractivity contribution in [2.24, 2.45) is 0 Å². The van der Waals surface area contributed by atoms with E-state index in [0.717, 1.165) is 0 Å². The van der Waals surface area contributed by atoms with Crippen molar-refractivity contribution in [3.05, 3.63) is 87.7 Å². The number of nitrogens with zero attached hydrogens (tertiary/aromatic N) is 3. The van der Waals surface area contributed by atoms with Gasteiger partial charge in [0, 0.05) is 36.6 Å². The molecule has 0 spiro atoms. The number of nitro benzene ring substituents is 1. The lowest BCUT2D eigenvalue weighted by atomic mass is 10.1. The van der Waals surface area contributed by atoms with E-state index in [1.807, 2.05) is 0 Å². The van der Waals surface area contributed by atoms with Gasteiger partial charge in [-0.1, -0.05) is 6.07 Å². The minimum atomic E-state index is -0.534. The van der Waals surface area contributed by atoms with Crippen LogP contribution in [0.4, 0.5) is 10.1 Å². The SMILES string of the molecule is Cc1nccn1-c1ccc(CNC(=O)c2ccc([N+](=O)[O-])cc2)cc1F. The molecule has 0 unspecified atom stereocenters. The number of carbonyl (C=O) groups is 1. The Morgan fingerprint density at radius 2 is 2.00 bits per heavy atom. The molecule has 0 aliphatic heterocycles. The second kappa shape index (κ2) is 7.14. The van der Waals surface area contributed by atoms with E-state index in [1.54, 1.807) is 36.0 Å². The maximum absolute atomic E-state index is 14.3. The average molecular weight is 354 g/mol. The lowest BCUT2D eigenvalue weighted by Gasteiger charge is -2.09. The first-order chi connectivity index (χ1) is 12.5. The van der Waals surface area contributed by atoms with E-state index in [4.69, 9.17) is 0 Å². The van der Waals surface area contributed by atoms with Crippen molar-refractivity contribution >= 4 is 11.6 Å². The molecule has 0 saturated carbocycles. The minimum Gasteiger partial charge on any atom is -0.348 e. The van der Waals surface area contributed by atoms with Crippen molar-refractivity contribution in [1.82, 2.24) is 14.9 Å². The van der Waals surface area contributed by atoms with Crippen LogP contribution in [-0.2, 0) is 6.54 Å². The van der Waals surface area contributed by atoms with Crippen LogP contribution in [0.2, 0.25) is 0 Å². The first-order valence-electron chi connectivity index (χ1n) is 7.77. The molecule has 1 N–H and O–H groups in total. The van der Waals surface area contributed by atoms with Crippen LogP contribution in [0.25, 0.3) is 5.69 Å². The molecule has 7 nitrogen and oxygen atoms in total. The highest BCUT2D eigenvalue weighted by atomic mass is 19.1. The molecular formula is C18H15FN4O3. The third-order valence-corrected chi connectivity index (χ3v) is 3.89. The lowest BCUT2D eigenvalue weighted by molar-refractivity contribution is -0.384. The molecule has 2 aromatic carbocycles. The van der Waals surface area contributed by atoms with Crippen LogP contribution in [0, 0.1) is 22.9 Å². The van der Waals surface area contributed by atoms with Crippen LogP contribution in [0.5, 0.6) is 0 Å².